The van der Waals surface area contributed by atoms with Gasteiger partial charge in [-0.15, -0.1) is 0 Å². The standard InChI is InChI=1S/C17H15FO2/c1-17(13-5-3-2-4-6-13)15(11-16(19)20-17)12-7-9-14(18)10-8-12/h2-10,15H,11H2,1H3/t15-,17+/m0/s1. The molecule has 0 aliphatic carbocycles. The van der Waals surface area contributed by atoms with E-state index in [0.29, 0.717) is 6.42 Å². The molecule has 0 N–H and O–H groups in total. The van der Waals surface area contributed by atoms with Gasteiger partial charge in [0.25, 0.3) is 0 Å². The van der Waals surface area contributed by atoms with Crippen molar-refractivity contribution >= 4 is 5.97 Å². The van der Waals surface area contributed by atoms with Crippen molar-refractivity contribution in [2.75, 3.05) is 0 Å². The summed E-state index contributed by atoms with van der Waals surface area (Å²) in [5.41, 5.74) is 1.18. The second-order valence-corrected chi connectivity index (χ2v) is 5.26. The largest absolute Gasteiger partial charge is 0.454 e. The van der Waals surface area contributed by atoms with Gasteiger partial charge in [0.2, 0.25) is 0 Å². The molecule has 20 heavy (non-hydrogen) atoms. The van der Waals surface area contributed by atoms with Crippen LogP contribution in [-0.2, 0) is 15.1 Å². The average Bonchev–Trinajstić information content (AvgIpc) is 2.77. The van der Waals surface area contributed by atoms with Crippen molar-refractivity contribution in [1.82, 2.24) is 0 Å². The Morgan fingerprint density at radius 1 is 1.10 bits per heavy atom. The Hall–Kier alpha value is -2.16. The van der Waals surface area contributed by atoms with Gasteiger partial charge in [-0.1, -0.05) is 42.5 Å². The first-order valence-electron chi connectivity index (χ1n) is 6.62. The minimum atomic E-state index is -0.698. The molecule has 0 spiro atoms. The molecule has 1 saturated heterocycles. The van der Waals surface area contributed by atoms with E-state index in [0.717, 1.165) is 11.1 Å². The molecule has 2 aromatic rings. The fourth-order valence-corrected chi connectivity index (χ4v) is 2.87. The normalized spacial score (nSPS) is 25.5. The summed E-state index contributed by atoms with van der Waals surface area (Å²) in [6, 6.07) is 16.0. The van der Waals surface area contributed by atoms with Gasteiger partial charge in [0.1, 0.15) is 11.4 Å². The topological polar surface area (TPSA) is 26.3 Å². The fourth-order valence-electron chi connectivity index (χ4n) is 2.87. The van der Waals surface area contributed by atoms with Crippen LogP contribution in [-0.4, -0.2) is 5.97 Å². The van der Waals surface area contributed by atoms with E-state index in [9.17, 15) is 9.18 Å². The third-order valence-electron chi connectivity index (χ3n) is 3.98. The number of benzene rings is 2. The van der Waals surface area contributed by atoms with Crippen LogP contribution in [0, 0.1) is 5.82 Å². The smallest absolute Gasteiger partial charge is 0.307 e. The predicted octanol–water partition coefficient (Wildman–Crippen LogP) is 3.77. The molecule has 1 aliphatic rings. The molecule has 2 atom stereocenters. The lowest BCUT2D eigenvalue weighted by molar-refractivity contribution is -0.148. The molecule has 0 radical (unpaired) electrons. The van der Waals surface area contributed by atoms with E-state index in [4.69, 9.17) is 4.74 Å². The third kappa shape index (κ3) is 2.09. The van der Waals surface area contributed by atoms with Crippen molar-refractivity contribution in [2.45, 2.75) is 24.9 Å². The van der Waals surface area contributed by atoms with Crippen molar-refractivity contribution in [1.29, 1.82) is 0 Å². The predicted molar refractivity (Wildman–Crippen MR) is 73.6 cm³/mol. The summed E-state index contributed by atoms with van der Waals surface area (Å²) in [6.45, 7) is 1.92. The lowest BCUT2D eigenvalue weighted by Crippen LogP contribution is -2.27. The lowest BCUT2D eigenvalue weighted by Gasteiger charge is -2.30. The molecule has 102 valence electrons. The summed E-state index contributed by atoms with van der Waals surface area (Å²) in [5.74, 6) is -0.593. The Morgan fingerprint density at radius 2 is 1.75 bits per heavy atom. The Labute approximate surface area is 117 Å². The number of ether oxygens (including phenoxy) is 1. The first-order valence-corrected chi connectivity index (χ1v) is 6.62. The molecule has 0 bridgehead atoms. The molecular formula is C17H15FO2. The zero-order valence-corrected chi connectivity index (χ0v) is 11.2. The zero-order valence-electron chi connectivity index (χ0n) is 11.2. The molecular weight excluding hydrogens is 255 g/mol. The van der Waals surface area contributed by atoms with Gasteiger partial charge in [0, 0.05) is 5.92 Å². The van der Waals surface area contributed by atoms with Gasteiger partial charge in [-0.3, -0.25) is 4.79 Å². The molecule has 2 nitrogen and oxygen atoms in total. The minimum Gasteiger partial charge on any atom is -0.454 e. The van der Waals surface area contributed by atoms with E-state index in [-0.39, 0.29) is 17.7 Å². The third-order valence-corrected chi connectivity index (χ3v) is 3.98. The summed E-state index contributed by atoms with van der Waals surface area (Å²) in [7, 11) is 0. The molecule has 0 amide bonds. The van der Waals surface area contributed by atoms with E-state index in [1.165, 1.54) is 12.1 Å². The highest BCUT2D eigenvalue weighted by atomic mass is 19.1. The fraction of sp³-hybridized carbons (Fsp3) is 0.235. The summed E-state index contributed by atoms with van der Waals surface area (Å²) >= 11 is 0. The van der Waals surface area contributed by atoms with Crippen molar-refractivity contribution in [3.63, 3.8) is 0 Å². The first kappa shape index (κ1) is 12.9. The minimum absolute atomic E-state index is 0.0991. The Kier molecular flexibility index (Phi) is 3.05. The number of carbonyl (C=O) groups is 1. The Balaban J connectivity index is 2.04. The molecule has 0 saturated carbocycles. The number of hydrogen-bond acceptors (Lipinski definition) is 2. The van der Waals surface area contributed by atoms with Gasteiger partial charge < -0.3 is 4.74 Å². The quantitative estimate of drug-likeness (QED) is 0.776. The first-order chi connectivity index (χ1) is 9.59. The summed E-state index contributed by atoms with van der Waals surface area (Å²) < 4.78 is 18.7. The summed E-state index contributed by atoms with van der Waals surface area (Å²) in [6.07, 6.45) is 0.316. The highest BCUT2D eigenvalue weighted by molar-refractivity contribution is 5.75. The maximum Gasteiger partial charge on any atom is 0.307 e. The SMILES string of the molecule is C[C@]1(c2ccccc2)OC(=O)C[C@H]1c1ccc(F)cc1. The second kappa shape index (κ2) is 4.75. The molecule has 1 fully saturated rings. The maximum absolute atomic E-state index is 13.1. The maximum atomic E-state index is 13.1. The molecule has 2 aromatic carbocycles. The van der Waals surface area contributed by atoms with Crippen LogP contribution in [0.25, 0.3) is 0 Å². The van der Waals surface area contributed by atoms with Crippen molar-refractivity contribution < 1.29 is 13.9 Å². The summed E-state index contributed by atoms with van der Waals surface area (Å²) in [5, 5.41) is 0. The zero-order chi connectivity index (χ0) is 14.2. The Bertz CT molecular complexity index is 621. The van der Waals surface area contributed by atoms with E-state index in [2.05, 4.69) is 0 Å². The molecule has 3 rings (SSSR count). The molecule has 0 aromatic heterocycles. The lowest BCUT2D eigenvalue weighted by atomic mass is 9.79. The number of rotatable bonds is 2. The number of halogens is 1. The van der Waals surface area contributed by atoms with Crippen LogP contribution in [0.15, 0.2) is 54.6 Å². The monoisotopic (exact) mass is 270 g/mol. The van der Waals surface area contributed by atoms with Gasteiger partial charge in [-0.25, -0.2) is 4.39 Å². The van der Waals surface area contributed by atoms with Crippen LogP contribution in [0.1, 0.15) is 30.4 Å². The van der Waals surface area contributed by atoms with Crippen LogP contribution in [0.5, 0.6) is 0 Å². The van der Waals surface area contributed by atoms with Crippen LogP contribution < -0.4 is 0 Å². The van der Waals surface area contributed by atoms with Crippen molar-refractivity contribution in [3.8, 4) is 0 Å². The average molecular weight is 270 g/mol. The van der Waals surface area contributed by atoms with Crippen LogP contribution in [0.3, 0.4) is 0 Å². The van der Waals surface area contributed by atoms with Gasteiger partial charge in [-0.05, 0) is 30.2 Å². The number of esters is 1. The number of carbonyl (C=O) groups excluding carboxylic acids is 1. The van der Waals surface area contributed by atoms with Crippen LogP contribution in [0.4, 0.5) is 4.39 Å². The molecule has 1 heterocycles. The van der Waals surface area contributed by atoms with Gasteiger partial charge in [0.05, 0.1) is 6.42 Å². The number of cyclic esters (lactones) is 1. The van der Waals surface area contributed by atoms with Gasteiger partial charge >= 0.3 is 5.97 Å². The van der Waals surface area contributed by atoms with Gasteiger partial charge in [0.15, 0.2) is 0 Å². The number of hydrogen-bond donors (Lipinski definition) is 0. The Morgan fingerprint density at radius 3 is 2.40 bits per heavy atom. The van der Waals surface area contributed by atoms with Crippen LogP contribution >= 0.6 is 0 Å². The van der Waals surface area contributed by atoms with Gasteiger partial charge in [-0.2, -0.15) is 0 Å². The van der Waals surface area contributed by atoms with E-state index < -0.39 is 5.60 Å². The van der Waals surface area contributed by atoms with Crippen molar-refractivity contribution in [2.24, 2.45) is 0 Å². The summed E-state index contributed by atoms with van der Waals surface area (Å²) in [4.78, 5) is 11.8. The van der Waals surface area contributed by atoms with E-state index in [1.807, 2.05) is 37.3 Å². The van der Waals surface area contributed by atoms with E-state index in [1.54, 1.807) is 12.1 Å². The second-order valence-electron chi connectivity index (χ2n) is 5.26. The van der Waals surface area contributed by atoms with Crippen LogP contribution in [0.2, 0.25) is 0 Å². The highest BCUT2D eigenvalue weighted by Crippen LogP contribution is 2.47. The molecule has 0 unspecified atom stereocenters. The van der Waals surface area contributed by atoms with E-state index >= 15 is 0 Å². The molecule has 3 heteroatoms. The highest BCUT2D eigenvalue weighted by Gasteiger charge is 2.47. The molecule has 1 aliphatic heterocycles. The van der Waals surface area contributed by atoms with Crippen molar-refractivity contribution in [3.05, 3.63) is 71.5 Å².